The Hall–Kier alpha value is -0.940. The lowest BCUT2D eigenvalue weighted by Crippen LogP contribution is -2.31. The molecule has 0 bridgehead atoms. The molecule has 0 fully saturated rings. The largest absolute Gasteiger partial charge is 0.396 e. The van der Waals surface area contributed by atoms with Gasteiger partial charge in [-0.05, 0) is 52.4 Å². The van der Waals surface area contributed by atoms with E-state index in [0.717, 1.165) is 18.4 Å². The summed E-state index contributed by atoms with van der Waals surface area (Å²) in [7, 11) is 0. The van der Waals surface area contributed by atoms with E-state index in [4.69, 9.17) is 5.11 Å². The summed E-state index contributed by atoms with van der Waals surface area (Å²) in [5.41, 5.74) is 0.768. The lowest BCUT2D eigenvalue weighted by atomic mass is 10.00. The van der Waals surface area contributed by atoms with Crippen LogP contribution in [-0.4, -0.2) is 24.2 Å². The number of benzene rings is 1. The molecule has 1 unspecified atom stereocenters. The van der Waals surface area contributed by atoms with Crippen molar-refractivity contribution in [2.75, 3.05) is 13.2 Å². The molecule has 1 rings (SSSR count). The number of carbonyl (C=O) groups is 1. The Kier molecular flexibility index (Phi) is 7.77. The van der Waals surface area contributed by atoms with Gasteiger partial charge in [0.2, 0.25) is 5.91 Å². The molecule has 112 valence electrons. The first kappa shape index (κ1) is 17.1. The molecular formula is C15H21BrFNO2. The number of hydrogen-bond donors (Lipinski definition) is 2. The Labute approximate surface area is 127 Å². The minimum Gasteiger partial charge on any atom is -0.396 e. The monoisotopic (exact) mass is 345 g/mol. The van der Waals surface area contributed by atoms with Gasteiger partial charge in [0.15, 0.2) is 0 Å². The summed E-state index contributed by atoms with van der Waals surface area (Å²) in [6.07, 6.45) is 2.96. The van der Waals surface area contributed by atoms with E-state index in [-0.39, 0.29) is 24.8 Å². The van der Waals surface area contributed by atoms with E-state index in [0.29, 0.717) is 23.4 Å². The molecule has 1 amide bonds. The normalized spacial score (nSPS) is 12.2. The van der Waals surface area contributed by atoms with Crippen molar-refractivity contribution >= 4 is 21.8 Å². The summed E-state index contributed by atoms with van der Waals surface area (Å²) < 4.78 is 13.5. The van der Waals surface area contributed by atoms with Gasteiger partial charge in [0.25, 0.3) is 0 Å². The summed E-state index contributed by atoms with van der Waals surface area (Å²) in [6, 6.07) is 4.57. The standard InChI is InChI=1S/C15H21BrFNO2/c1-2-3-11(6-7-19)10-18-15(20)9-12-4-5-14(17)13(16)8-12/h4-5,8,11,19H,2-3,6-7,9-10H2,1H3,(H,18,20). The Morgan fingerprint density at radius 2 is 2.20 bits per heavy atom. The highest BCUT2D eigenvalue weighted by Crippen LogP contribution is 2.17. The lowest BCUT2D eigenvalue weighted by Gasteiger charge is -2.15. The van der Waals surface area contributed by atoms with Crippen molar-refractivity contribution in [2.24, 2.45) is 5.92 Å². The average Bonchev–Trinajstić information content (AvgIpc) is 2.41. The SMILES string of the molecule is CCCC(CCO)CNC(=O)Cc1ccc(F)c(Br)c1. The van der Waals surface area contributed by atoms with E-state index >= 15 is 0 Å². The van der Waals surface area contributed by atoms with Crippen LogP contribution in [0.3, 0.4) is 0 Å². The number of hydrogen-bond acceptors (Lipinski definition) is 2. The van der Waals surface area contributed by atoms with Crippen LogP contribution in [0, 0.1) is 11.7 Å². The molecule has 1 aromatic carbocycles. The number of aliphatic hydroxyl groups is 1. The highest BCUT2D eigenvalue weighted by Gasteiger charge is 2.10. The maximum atomic E-state index is 13.1. The summed E-state index contributed by atoms with van der Waals surface area (Å²) in [4.78, 5) is 11.8. The summed E-state index contributed by atoms with van der Waals surface area (Å²) in [6.45, 7) is 2.81. The minimum atomic E-state index is -0.333. The molecule has 0 aliphatic heterocycles. The third-order valence-electron chi connectivity index (χ3n) is 3.17. The molecule has 0 aliphatic carbocycles. The lowest BCUT2D eigenvalue weighted by molar-refractivity contribution is -0.120. The van der Waals surface area contributed by atoms with Crippen LogP contribution in [0.1, 0.15) is 31.7 Å². The minimum absolute atomic E-state index is 0.0810. The molecular weight excluding hydrogens is 325 g/mol. The quantitative estimate of drug-likeness (QED) is 0.760. The predicted molar refractivity (Wildman–Crippen MR) is 80.9 cm³/mol. The van der Waals surface area contributed by atoms with Crippen LogP contribution in [0.15, 0.2) is 22.7 Å². The van der Waals surface area contributed by atoms with Crippen molar-refractivity contribution in [1.29, 1.82) is 0 Å². The van der Waals surface area contributed by atoms with Crippen LogP contribution in [0.2, 0.25) is 0 Å². The molecule has 2 N–H and O–H groups in total. The molecule has 0 saturated carbocycles. The number of amides is 1. The Morgan fingerprint density at radius 3 is 2.80 bits per heavy atom. The fraction of sp³-hybridized carbons (Fsp3) is 0.533. The summed E-state index contributed by atoms with van der Waals surface area (Å²) >= 11 is 3.10. The molecule has 20 heavy (non-hydrogen) atoms. The molecule has 0 heterocycles. The smallest absolute Gasteiger partial charge is 0.224 e. The first-order valence-corrected chi connectivity index (χ1v) is 7.67. The van der Waals surface area contributed by atoms with Crippen molar-refractivity contribution in [3.05, 3.63) is 34.1 Å². The van der Waals surface area contributed by atoms with Crippen LogP contribution in [0.25, 0.3) is 0 Å². The fourth-order valence-corrected chi connectivity index (χ4v) is 2.52. The molecule has 0 spiro atoms. The van der Waals surface area contributed by atoms with Gasteiger partial charge >= 0.3 is 0 Å². The predicted octanol–water partition coefficient (Wildman–Crippen LogP) is 3.05. The molecule has 5 heteroatoms. The van der Waals surface area contributed by atoms with E-state index in [9.17, 15) is 9.18 Å². The molecule has 3 nitrogen and oxygen atoms in total. The maximum Gasteiger partial charge on any atom is 0.224 e. The second-order valence-corrected chi connectivity index (χ2v) is 5.75. The zero-order valence-electron chi connectivity index (χ0n) is 11.7. The van der Waals surface area contributed by atoms with Gasteiger partial charge in [-0.25, -0.2) is 4.39 Å². The topological polar surface area (TPSA) is 49.3 Å². The molecule has 0 aromatic heterocycles. The molecule has 0 radical (unpaired) electrons. The van der Waals surface area contributed by atoms with Crippen molar-refractivity contribution < 1.29 is 14.3 Å². The second kappa shape index (κ2) is 9.08. The van der Waals surface area contributed by atoms with Crippen LogP contribution in [-0.2, 0) is 11.2 Å². The number of nitrogens with one attached hydrogen (secondary N) is 1. The van der Waals surface area contributed by atoms with Gasteiger partial charge in [0, 0.05) is 13.2 Å². The number of rotatable bonds is 8. The molecule has 1 atom stereocenters. The Bertz CT molecular complexity index is 434. The highest BCUT2D eigenvalue weighted by atomic mass is 79.9. The number of halogens is 2. The first-order valence-electron chi connectivity index (χ1n) is 6.88. The van der Waals surface area contributed by atoms with Crippen LogP contribution in [0.4, 0.5) is 4.39 Å². The highest BCUT2D eigenvalue weighted by molar-refractivity contribution is 9.10. The van der Waals surface area contributed by atoms with Crippen molar-refractivity contribution in [3.8, 4) is 0 Å². The van der Waals surface area contributed by atoms with Crippen molar-refractivity contribution in [2.45, 2.75) is 32.6 Å². The van der Waals surface area contributed by atoms with Gasteiger partial charge in [-0.15, -0.1) is 0 Å². The first-order chi connectivity index (χ1) is 9.56. The fourth-order valence-electron chi connectivity index (χ4n) is 2.09. The van der Waals surface area contributed by atoms with E-state index in [1.54, 1.807) is 12.1 Å². The van der Waals surface area contributed by atoms with Gasteiger partial charge in [-0.3, -0.25) is 4.79 Å². The zero-order valence-corrected chi connectivity index (χ0v) is 13.2. The van der Waals surface area contributed by atoms with E-state index < -0.39 is 0 Å². The molecule has 0 saturated heterocycles. The number of carbonyl (C=O) groups excluding carboxylic acids is 1. The molecule has 0 aliphatic rings. The Morgan fingerprint density at radius 1 is 1.45 bits per heavy atom. The van der Waals surface area contributed by atoms with Gasteiger partial charge in [-0.2, -0.15) is 0 Å². The van der Waals surface area contributed by atoms with E-state index in [1.165, 1.54) is 6.07 Å². The van der Waals surface area contributed by atoms with E-state index in [1.807, 2.05) is 0 Å². The van der Waals surface area contributed by atoms with Crippen LogP contribution >= 0.6 is 15.9 Å². The van der Waals surface area contributed by atoms with Crippen LogP contribution < -0.4 is 5.32 Å². The number of aliphatic hydroxyl groups excluding tert-OH is 1. The summed E-state index contributed by atoms with van der Waals surface area (Å²) in [5, 5.41) is 11.8. The molecule has 1 aromatic rings. The maximum absolute atomic E-state index is 13.1. The van der Waals surface area contributed by atoms with Gasteiger partial charge < -0.3 is 10.4 Å². The zero-order chi connectivity index (χ0) is 15.0. The van der Waals surface area contributed by atoms with Crippen LogP contribution in [0.5, 0.6) is 0 Å². The van der Waals surface area contributed by atoms with Crippen molar-refractivity contribution in [1.82, 2.24) is 5.32 Å². The third-order valence-corrected chi connectivity index (χ3v) is 3.78. The third kappa shape index (κ3) is 6.01. The second-order valence-electron chi connectivity index (χ2n) is 4.90. The average molecular weight is 346 g/mol. The van der Waals surface area contributed by atoms with Crippen molar-refractivity contribution in [3.63, 3.8) is 0 Å². The van der Waals surface area contributed by atoms with Gasteiger partial charge in [-0.1, -0.05) is 19.4 Å². The van der Waals surface area contributed by atoms with E-state index in [2.05, 4.69) is 28.2 Å². The van der Waals surface area contributed by atoms with Gasteiger partial charge in [0.1, 0.15) is 5.82 Å². The summed E-state index contributed by atoms with van der Waals surface area (Å²) in [5.74, 6) is -0.100. The Balaban J connectivity index is 2.44. The van der Waals surface area contributed by atoms with Gasteiger partial charge in [0.05, 0.1) is 10.9 Å².